The van der Waals surface area contributed by atoms with Crippen LogP contribution in [0.25, 0.3) is 11.1 Å². The standard InChI is InChI=1S/C31H33N7O3/c1-20(2)27-19-41-31(40)38(27)28-14-16-33-29(37-28)35-21(3)23-6-8-24(9-7-23)25-10-12-26(13-11-25)36-30(39)34-18-22-5-4-15-32-17-22/h4-17,20-21,27H,18-19H2,1-3H3,(H,33,35,37)(H2,34,36,39)/t21-,27+/m0/s1. The molecule has 3 N–H and O–H groups in total. The Morgan fingerprint density at radius 1 is 1.00 bits per heavy atom. The van der Waals surface area contributed by atoms with E-state index in [1.54, 1.807) is 29.6 Å². The summed E-state index contributed by atoms with van der Waals surface area (Å²) in [5.41, 5.74) is 4.79. The molecule has 2 aromatic heterocycles. The van der Waals surface area contributed by atoms with Gasteiger partial charge in [-0.2, -0.15) is 4.98 Å². The Bertz CT molecular complexity index is 1480. The van der Waals surface area contributed by atoms with Crippen molar-refractivity contribution in [3.05, 3.63) is 96.4 Å². The Labute approximate surface area is 239 Å². The summed E-state index contributed by atoms with van der Waals surface area (Å²) < 4.78 is 5.26. The zero-order valence-corrected chi connectivity index (χ0v) is 23.2. The molecule has 0 spiro atoms. The van der Waals surface area contributed by atoms with Gasteiger partial charge in [0.05, 0.1) is 12.1 Å². The number of nitrogens with zero attached hydrogens (tertiary/aromatic N) is 4. The molecule has 0 aliphatic carbocycles. The molecule has 5 rings (SSSR count). The van der Waals surface area contributed by atoms with Crippen LogP contribution >= 0.6 is 0 Å². The lowest BCUT2D eigenvalue weighted by Gasteiger charge is -2.23. The number of ether oxygens (including phenoxy) is 1. The minimum atomic E-state index is -0.384. The molecular formula is C31H33N7O3. The predicted octanol–water partition coefficient (Wildman–Crippen LogP) is 6.01. The van der Waals surface area contributed by atoms with Gasteiger partial charge in [-0.05, 0) is 59.4 Å². The number of carbonyl (C=O) groups excluding carboxylic acids is 2. The van der Waals surface area contributed by atoms with Gasteiger partial charge in [0.25, 0.3) is 0 Å². The highest BCUT2D eigenvalue weighted by Gasteiger charge is 2.37. The fourth-order valence-electron chi connectivity index (χ4n) is 4.59. The third-order valence-corrected chi connectivity index (χ3v) is 6.97. The number of rotatable bonds is 9. The van der Waals surface area contributed by atoms with Crippen molar-refractivity contribution in [3.8, 4) is 11.1 Å². The molecule has 1 saturated heterocycles. The fraction of sp³-hybridized carbons (Fsp3) is 0.258. The molecule has 1 aliphatic rings. The zero-order valence-electron chi connectivity index (χ0n) is 23.2. The smallest absolute Gasteiger partial charge is 0.415 e. The first-order chi connectivity index (χ1) is 19.9. The first-order valence-electron chi connectivity index (χ1n) is 13.6. The lowest BCUT2D eigenvalue weighted by molar-refractivity contribution is 0.177. The fourth-order valence-corrected chi connectivity index (χ4v) is 4.59. The van der Waals surface area contributed by atoms with Crippen LogP contribution in [0.15, 0.2) is 85.3 Å². The van der Waals surface area contributed by atoms with Crippen molar-refractivity contribution >= 4 is 29.6 Å². The average molecular weight is 552 g/mol. The second-order valence-corrected chi connectivity index (χ2v) is 10.2. The quantitative estimate of drug-likeness (QED) is 0.233. The first kappa shape index (κ1) is 27.6. The van der Waals surface area contributed by atoms with E-state index in [2.05, 4.69) is 69.0 Å². The van der Waals surface area contributed by atoms with Crippen LogP contribution in [-0.4, -0.2) is 39.7 Å². The summed E-state index contributed by atoms with van der Waals surface area (Å²) in [5, 5.41) is 9.01. The van der Waals surface area contributed by atoms with Crippen molar-refractivity contribution < 1.29 is 14.3 Å². The normalized spacial score (nSPS) is 15.4. The Kier molecular flexibility index (Phi) is 8.38. The molecule has 1 aliphatic heterocycles. The molecule has 0 unspecified atom stereocenters. The Morgan fingerprint density at radius 3 is 2.41 bits per heavy atom. The maximum absolute atomic E-state index is 12.3. The van der Waals surface area contributed by atoms with E-state index in [0.29, 0.717) is 30.6 Å². The van der Waals surface area contributed by atoms with E-state index in [0.717, 1.165) is 22.3 Å². The number of aromatic nitrogens is 3. The highest BCUT2D eigenvalue weighted by Crippen LogP contribution is 2.28. The van der Waals surface area contributed by atoms with Crippen molar-refractivity contribution in [2.75, 3.05) is 22.1 Å². The summed E-state index contributed by atoms with van der Waals surface area (Å²) >= 11 is 0. The van der Waals surface area contributed by atoms with Gasteiger partial charge in [0.15, 0.2) is 0 Å². The topological polar surface area (TPSA) is 121 Å². The van der Waals surface area contributed by atoms with Crippen LogP contribution in [0.3, 0.4) is 0 Å². The molecule has 210 valence electrons. The summed E-state index contributed by atoms with van der Waals surface area (Å²) in [6, 6.07) is 21.0. The highest BCUT2D eigenvalue weighted by molar-refractivity contribution is 5.90. The number of hydrogen-bond acceptors (Lipinski definition) is 7. The number of pyridine rings is 1. The molecule has 10 heteroatoms. The number of carbonyl (C=O) groups is 2. The number of cyclic esters (lactones) is 1. The van der Waals surface area contributed by atoms with Gasteiger partial charge in [-0.1, -0.05) is 56.3 Å². The van der Waals surface area contributed by atoms with Crippen molar-refractivity contribution in [2.24, 2.45) is 5.92 Å². The first-order valence-corrected chi connectivity index (χ1v) is 13.6. The maximum atomic E-state index is 12.3. The van der Waals surface area contributed by atoms with Crippen LogP contribution in [0.2, 0.25) is 0 Å². The van der Waals surface area contributed by atoms with Crippen LogP contribution in [0.1, 0.15) is 37.9 Å². The van der Waals surface area contributed by atoms with E-state index < -0.39 is 0 Å². The Hall–Kier alpha value is -4.99. The molecule has 1 fully saturated rings. The average Bonchev–Trinajstić information content (AvgIpc) is 3.39. The number of hydrogen-bond donors (Lipinski definition) is 3. The lowest BCUT2D eigenvalue weighted by atomic mass is 10.0. The summed E-state index contributed by atoms with van der Waals surface area (Å²) in [4.78, 5) is 39.2. The minimum Gasteiger partial charge on any atom is -0.447 e. The summed E-state index contributed by atoms with van der Waals surface area (Å²) in [6.07, 6.45) is 4.68. The number of amides is 3. The SMILES string of the molecule is CC(C)[C@H]1COC(=O)N1c1ccnc(N[C@@H](C)c2ccc(-c3ccc(NC(=O)NCc4cccnc4)cc3)cc2)n1. The van der Waals surface area contributed by atoms with Crippen molar-refractivity contribution in [1.29, 1.82) is 0 Å². The van der Waals surface area contributed by atoms with Gasteiger partial charge in [-0.3, -0.25) is 9.88 Å². The largest absolute Gasteiger partial charge is 0.447 e. The zero-order chi connectivity index (χ0) is 28.8. The second kappa shape index (κ2) is 12.5. The molecule has 10 nitrogen and oxygen atoms in total. The molecule has 3 amide bonds. The predicted molar refractivity (Wildman–Crippen MR) is 158 cm³/mol. The third-order valence-electron chi connectivity index (χ3n) is 6.97. The van der Waals surface area contributed by atoms with Crippen molar-refractivity contribution in [3.63, 3.8) is 0 Å². The van der Waals surface area contributed by atoms with Crippen LogP contribution in [0, 0.1) is 5.92 Å². The molecule has 2 atom stereocenters. The van der Waals surface area contributed by atoms with E-state index in [1.165, 1.54) is 0 Å². The van der Waals surface area contributed by atoms with Gasteiger partial charge in [0.1, 0.15) is 12.4 Å². The Morgan fingerprint density at radius 2 is 1.73 bits per heavy atom. The van der Waals surface area contributed by atoms with Crippen LogP contribution < -0.4 is 20.9 Å². The van der Waals surface area contributed by atoms with Gasteiger partial charge in [0.2, 0.25) is 5.95 Å². The maximum Gasteiger partial charge on any atom is 0.415 e. The van der Waals surface area contributed by atoms with Gasteiger partial charge in [-0.25, -0.2) is 14.6 Å². The molecule has 0 bridgehead atoms. The molecule has 4 aromatic rings. The molecule has 0 saturated carbocycles. The van der Waals surface area contributed by atoms with Gasteiger partial charge < -0.3 is 20.7 Å². The van der Waals surface area contributed by atoms with Crippen LogP contribution in [0.5, 0.6) is 0 Å². The molecule has 41 heavy (non-hydrogen) atoms. The molecule has 2 aromatic carbocycles. The van der Waals surface area contributed by atoms with Crippen LogP contribution in [-0.2, 0) is 11.3 Å². The third kappa shape index (κ3) is 6.78. The number of anilines is 3. The molecular weight excluding hydrogens is 518 g/mol. The van der Waals surface area contributed by atoms with Gasteiger partial charge in [0, 0.05) is 30.8 Å². The summed E-state index contributed by atoms with van der Waals surface area (Å²) in [7, 11) is 0. The van der Waals surface area contributed by atoms with E-state index >= 15 is 0 Å². The number of benzene rings is 2. The van der Waals surface area contributed by atoms with Gasteiger partial charge >= 0.3 is 12.1 Å². The molecule has 0 radical (unpaired) electrons. The van der Waals surface area contributed by atoms with E-state index in [9.17, 15) is 9.59 Å². The van der Waals surface area contributed by atoms with E-state index in [4.69, 9.17) is 4.74 Å². The van der Waals surface area contributed by atoms with Crippen molar-refractivity contribution in [2.45, 2.75) is 39.4 Å². The van der Waals surface area contributed by atoms with E-state index in [1.807, 2.05) is 43.3 Å². The lowest BCUT2D eigenvalue weighted by Crippen LogP contribution is -2.37. The summed E-state index contributed by atoms with van der Waals surface area (Å²) in [5.74, 6) is 1.20. The Balaban J connectivity index is 1.18. The summed E-state index contributed by atoms with van der Waals surface area (Å²) in [6.45, 7) is 6.91. The van der Waals surface area contributed by atoms with Crippen LogP contribution in [0.4, 0.5) is 27.0 Å². The highest BCUT2D eigenvalue weighted by atomic mass is 16.6. The second-order valence-electron chi connectivity index (χ2n) is 10.2. The number of urea groups is 1. The van der Waals surface area contributed by atoms with Gasteiger partial charge in [-0.15, -0.1) is 0 Å². The molecule has 3 heterocycles. The minimum absolute atomic E-state index is 0.0605. The number of nitrogens with one attached hydrogen (secondary N) is 3. The van der Waals surface area contributed by atoms with Crippen molar-refractivity contribution in [1.82, 2.24) is 20.3 Å². The van der Waals surface area contributed by atoms with E-state index in [-0.39, 0.29) is 30.1 Å². The monoisotopic (exact) mass is 551 g/mol.